The smallest absolute Gasteiger partial charge is 0.328 e. The van der Waals surface area contributed by atoms with E-state index < -0.39 is 5.92 Å². The molecule has 6 aromatic rings. The highest BCUT2D eigenvalue weighted by atomic mass is 16.5. The van der Waals surface area contributed by atoms with Crippen LogP contribution in [0.3, 0.4) is 0 Å². The molecule has 0 spiro atoms. The van der Waals surface area contributed by atoms with Crippen molar-refractivity contribution in [3.8, 4) is 28.8 Å². The predicted octanol–water partition coefficient (Wildman–Crippen LogP) is 3.94. The zero-order chi connectivity index (χ0) is 37.7. The lowest BCUT2D eigenvalue weighted by molar-refractivity contribution is -0.134. The molecule has 2 N–H and O–H groups in total. The number of anilines is 2. The molecule has 3 amide bonds. The number of ether oxygens (including phenoxy) is 1. The van der Waals surface area contributed by atoms with Crippen LogP contribution in [0.2, 0.25) is 0 Å². The van der Waals surface area contributed by atoms with E-state index in [-0.39, 0.29) is 48.0 Å². The Balaban J connectivity index is 0.946. The lowest BCUT2D eigenvalue weighted by Gasteiger charge is -2.32. The van der Waals surface area contributed by atoms with Crippen LogP contribution >= 0.6 is 0 Å². The zero-order valence-electron chi connectivity index (χ0n) is 30.2. The third-order valence-electron chi connectivity index (χ3n) is 10.0. The number of rotatable bonds is 6. The summed E-state index contributed by atoms with van der Waals surface area (Å²) >= 11 is 0. The number of hydrogen-bond donors (Lipinski definition) is 2. The van der Waals surface area contributed by atoms with Gasteiger partial charge in [-0.05, 0) is 54.3 Å². The number of pyridine rings is 3. The van der Waals surface area contributed by atoms with E-state index in [9.17, 15) is 19.2 Å². The number of fused-ring (bicyclic) bond motifs is 3. The van der Waals surface area contributed by atoms with E-state index in [0.717, 1.165) is 44.6 Å². The minimum atomic E-state index is -0.456. The lowest BCUT2D eigenvalue weighted by atomic mass is 9.91. The summed E-state index contributed by atoms with van der Waals surface area (Å²) < 4.78 is 11.2. The fraction of sp³-hybridized carbons (Fsp3) is 0.275. The fourth-order valence-electron chi connectivity index (χ4n) is 7.18. The molecule has 1 atom stereocenters. The van der Waals surface area contributed by atoms with Gasteiger partial charge in [0.15, 0.2) is 0 Å². The molecule has 1 saturated heterocycles. The molecule has 7 heterocycles. The minimum absolute atomic E-state index is 0.0619. The second kappa shape index (κ2) is 13.7. The Hall–Kier alpha value is -6.75. The average molecular weight is 724 g/mol. The van der Waals surface area contributed by atoms with Crippen molar-refractivity contribution in [2.24, 2.45) is 14.1 Å². The molecule has 1 aromatic carbocycles. The van der Waals surface area contributed by atoms with E-state index in [2.05, 4.69) is 57.4 Å². The number of amides is 3. The maximum Gasteiger partial charge on any atom is 0.328 e. The van der Waals surface area contributed by atoms with Gasteiger partial charge in [0, 0.05) is 61.4 Å². The summed E-state index contributed by atoms with van der Waals surface area (Å²) in [6.45, 7) is 5.45. The number of hydrogen-bond acceptors (Lipinski definition) is 9. The van der Waals surface area contributed by atoms with Crippen LogP contribution in [0.1, 0.15) is 65.7 Å². The highest BCUT2D eigenvalue weighted by molar-refractivity contribution is 6.01. The summed E-state index contributed by atoms with van der Waals surface area (Å²) in [4.78, 5) is 61.0. The molecule has 14 nitrogen and oxygen atoms in total. The molecule has 54 heavy (non-hydrogen) atoms. The third kappa shape index (κ3) is 6.13. The Morgan fingerprint density at radius 2 is 1.87 bits per heavy atom. The van der Waals surface area contributed by atoms with Crippen molar-refractivity contribution in [3.05, 3.63) is 100 Å². The predicted molar refractivity (Wildman–Crippen MR) is 202 cm³/mol. The maximum absolute atomic E-state index is 12.9. The fourth-order valence-corrected chi connectivity index (χ4v) is 7.18. The number of nitrogens with one attached hydrogen (secondary N) is 2. The van der Waals surface area contributed by atoms with Crippen LogP contribution in [0.5, 0.6) is 5.75 Å². The number of nitrogens with zero attached hydrogens (tertiary/aromatic N) is 7. The molecule has 0 saturated carbocycles. The highest BCUT2D eigenvalue weighted by Crippen LogP contribution is 2.40. The van der Waals surface area contributed by atoms with E-state index in [1.165, 1.54) is 0 Å². The number of imide groups is 1. The van der Waals surface area contributed by atoms with Crippen molar-refractivity contribution in [2.75, 3.05) is 24.6 Å². The molecule has 2 aliphatic heterocycles. The number of benzene rings is 1. The number of imidazole rings is 1. The molecule has 0 radical (unpaired) electrons. The molecule has 14 heteroatoms. The van der Waals surface area contributed by atoms with Gasteiger partial charge in [-0.3, -0.25) is 38.8 Å². The second-order valence-electron chi connectivity index (χ2n) is 13.8. The monoisotopic (exact) mass is 723 g/mol. The first-order valence-electron chi connectivity index (χ1n) is 17.7. The van der Waals surface area contributed by atoms with Gasteiger partial charge < -0.3 is 15.0 Å². The van der Waals surface area contributed by atoms with E-state index in [1.54, 1.807) is 63.7 Å². The van der Waals surface area contributed by atoms with Crippen molar-refractivity contribution < 1.29 is 19.1 Å². The van der Waals surface area contributed by atoms with E-state index in [1.807, 2.05) is 25.2 Å². The molecule has 2 aliphatic rings. The lowest BCUT2D eigenvalue weighted by Crippen LogP contribution is -2.39. The molecule has 8 rings (SSSR count). The zero-order valence-corrected chi connectivity index (χ0v) is 30.2. The molecular formula is C40H37N9O5. The largest absolute Gasteiger partial charge is 0.489 e. The van der Waals surface area contributed by atoms with Crippen LogP contribution in [-0.4, -0.2) is 66.1 Å². The van der Waals surface area contributed by atoms with Crippen molar-refractivity contribution in [1.82, 2.24) is 39.3 Å². The molecule has 1 fully saturated rings. The number of carbonyl (C=O) groups excluding carboxylic acids is 3. The quantitative estimate of drug-likeness (QED) is 0.192. The SMILES string of the molecule is CC(C)c1cc(N2CCOc3cc(-c4ccc(C(=O)NCC#Cc5ccn6ncc(C7CCC(=O)NC7=O)c6c5)nc4)ncc32)cc2c1n(C)c(=O)n2C. The van der Waals surface area contributed by atoms with Gasteiger partial charge in [-0.25, -0.2) is 9.31 Å². The molecule has 5 aromatic heterocycles. The Labute approximate surface area is 309 Å². The van der Waals surface area contributed by atoms with Crippen molar-refractivity contribution in [3.63, 3.8) is 0 Å². The van der Waals surface area contributed by atoms with Crippen LogP contribution in [-0.2, 0) is 23.7 Å². The number of piperidine rings is 1. The molecule has 0 bridgehead atoms. The van der Waals surface area contributed by atoms with Crippen molar-refractivity contribution in [1.29, 1.82) is 0 Å². The Morgan fingerprint density at radius 3 is 2.65 bits per heavy atom. The topological polar surface area (TPSA) is 158 Å². The summed E-state index contributed by atoms with van der Waals surface area (Å²) in [5.41, 5.74) is 8.42. The Bertz CT molecular complexity index is 2620. The van der Waals surface area contributed by atoms with Gasteiger partial charge in [-0.1, -0.05) is 25.7 Å². The number of aromatic nitrogens is 6. The summed E-state index contributed by atoms with van der Waals surface area (Å²) in [6, 6.07) is 13.2. The van der Waals surface area contributed by atoms with E-state index >= 15 is 0 Å². The van der Waals surface area contributed by atoms with Crippen LogP contribution in [0.4, 0.5) is 11.4 Å². The standard InChI is InChI=1S/C40H37N9O5/c1-23(2)28-17-26(18-33-37(28)47(4)40(53)46(33)3)48-14-15-54-35-19-31(43-22-34(35)48)25-7-9-30(42-20-25)39(52)41-12-5-6-24-11-13-49-32(16-24)29(21-44-49)27-8-10-36(50)45-38(27)51/h7,9,11,13,16-23,27H,8,10,12,14-15H2,1-4H3,(H,41,52)(H,45,50,51). The van der Waals surface area contributed by atoms with E-state index in [4.69, 9.17) is 9.72 Å². The summed E-state index contributed by atoms with van der Waals surface area (Å²) in [5, 5.41) is 9.52. The van der Waals surface area contributed by atoms with Gasteiger partial charge in [-0.15, -0.1) is 0 Å². The first-order valence-corrected chi connectivity index (χ1v) is 17.7. The molecule has 0 aliphatic carbocycles. The summed E-state index contributed by atoms with van der Waals surface area (Å²) in [6.07, 6.45) is 7.51. The van der Waals surface area contributed by atoms with E-state index in [0.29, 0.717) is 36.6 Å². The highest BCUT2D eigenvalue weighted by Gasteiger charge is 2.30. The van der Waals surface area contributed by atoms with Crippen LogP contribution < -0.4 is 26.0 Å². The minimum Gasteiger partial charge on any atom is -0.489 e. The summed E-state index contributed by atoms with van der Waals surface area (Å²) in [7, 11) is 3.61. The van der Waals surface area contributed by atoms with Crippen LogP contribution in [0, 0.1) is 11.8 Å². The Kier molecular flexibility index (Phi) is 8.69. The van der Waals surface area contributed by atoms with Gasteiger partial charge in [0.2, 0.25) is 11.8 Å². The first kappa shape index (κ1) is 34.3. The summed E-state index contributed by atoms with van der Waals surface area (Å²) in [5.74, 6) is 5.50. The van der Waals surface area contributed by atoms with Gasteiger partial charge >= 0.3 is 5.69 Å². The second-order valence-corrected chi connectivity index (χ2v) is 13.8. The maximum atomic E-state index is 12.9. The first-order chi connectivity index (χ1) is 26.1. The van der Waals surface area contributed by atoms with Gasteiger partial charge in [0.05, 0.1) is 53.6 Å². The Morgan fingerprint density at radius 1 is 1.02 bits per heavy atom. The van der Waals surface area contributed by atoms with Gasteiger partial charge in [-0.2, -0.15) is 5.10 Å². The van der Waals surface area contributed by atoms with Crippen LogP contribution in [0.25, 0.3) is 27.8 Å². The van der Waals surface area contributed by atoms with Crippen LogP contribution in [0.15, 0.2) is 72.0 Å². The average Bonchev–Trinajstić information content (AvgIpc) is 3.69. The van der Waals surface area contributed by atoms with Crippen molar-refractivity contribution in [2.45, 2.75) is 38.5 Å². The molecule has 1 unspecified atom stereocenters. The van der Waals surface area contributed by atoms with Gasteiger partial charge in [0.1, 0.15) is 23.7 Å². The number of carbonyl (C=O) groups is 3. The van der Waals surface area contributed by atoms with Crippen molar-refractivity contribution >= 4 is 45.6 Å². The number of aryl methyl sites for hydroxylation is 2. The van der Waals surface area contributed by atoms with Gasteiger partial charge in [0.25, 0.3) is 5.91 Å². The molecule has 272 valence electrons. The normalized spacial score (nSPS) is 15.5. The third-order valence-corrected chi connectivity index (χ3v) is 10.0. The molecular weight excluding hydrogens is 686 g/mol.